The largest absolute Gasteiger partial charge is 0.364 e. The minimum absolute atomic E-state index is 0.603. The van der Waals surface area contributed by atoms with E-state index in [4.69, 9.17) is 0 Å². The molecule has 0 unspecified atom stereocenters. The maximum absolute atomic E-state index is 4.40. The van der Waals surface area contributed by atoms with Gasteiger partial charge in [-0.25, -0.2) is 4.98 Å². The van der Waals surface area contributed by atoms with E-state index in [-0.39, 0.29) is 0 Å². The number of hydrogen-bond acceptors (Lipinski definition) is 4. The van der Waals surface area contributed by atoms with E-state index >= 15 is 0 Å². The summed E-state index contributed by atoms with van der Waals surface area (Å²) in [6.45, 7) is 2.53. The van der Waals surface area contributed by atoms with Gasteiger partial charge in [-0.2, -0.15) is 10.2 Å². The van der Waals surface area contributed by atoms with E-state index < -0.39 is 0 Å². The number of fused-ring (bicyclic) bond motifs is 1. The summed E-state index contributed by atoms with van der Waals surface area (Å²) in [5.74, 6) is 0.853. The van der Waals surface area contributed by atoms with E-state index in [1.807, 2.05) is 31.2 Å². The first kappa shape index (κ1) is 13.0. The van der Waals surface area contributed by atoms with Crippen molar-refractivity contribution in [1.82, 2.24) is 15.2 Å². The molecule has 1 N–H and O–H groups in total. The van der Waals surface area contributed by atoms with Crippen LogP contribution in [0.5, 0.6) is 0 Å². The van der Waals surface area contributed by atoms with Crippen molar-refractivity contribution in [3.8, 4) is 0 Å². The molecule has 100 valence electrons. The number of nitrogens with zero attached hydrogens (tertiary/aromatic N) is 3. The number of aryl methyl sites for hydroxylation is 1. The van der Waals surface area contributed by atoms with Crippen molar-refractivity contribution in [3.05, 3.63) is 58.5 Å². The maximum Gasteiger partial charge on any atom is 0.134 e. The third-order valence-electron chi connectivity index (χ3n) is 3.02. The van der Waals surface area contributed by atoms with Crippen LogP contribution in [0.3, 0.4) is 0 Å². The predicted octanol–water partition coefficient (Wildman–Crippen LogP) is 3.71. The topological polar surface area (TPSA) is 50.7 Å². The molecule has 0 spiro atoms. The monoisotopic (exact) mass is 328 g/mol. The molecule has 0 atom stereocenters. The second kappa shape index (κ2) is 5.54. The van der Waals surface area contributed by atoms with Gasteiger partial charge in [-0.3, -0.25) is 0 Å². The van der Waals surface area contributed by atoms with Gasteiger partial charge in [0.2, 0.25) is 0 Å². The average Bonchev–Trinajstić information content (AvgIpc) is 2.47. The van der Waals surface area contributed by atoms with Crippen LogP contribution in [0.4, 0.5) is 5.82 Å². The van der Waals surface area contributed by atoms with Gasteiger partial charge in [0.1, 0.15) is 5.82 Å². The second-order valence-electron chi connectivity index (χ2n) is 4.54. The van der Waals surface area contributed by atoms with Gasteiger partial charge in [0.15, 0.2) is 0 Å². The Labute approximate surface area is 125 Å². The highest BCUT2D eigenvalue weighted by molar-refractivity contribution is 9.10. The Morgan fingerprint density at radius 3 is 2.80 bits per heavy atom. The summed E-state index contributed by atoms with van der Waals surface area (Å²) in [5.41, 5.74) is 1.81. The third kappa shape index (κ3) is 2.77. The van der Waals surface area contributed by atoms with Crippen molar-refractivity contribution in [1.29, 1.82) is 0 Å². The molecular formula is C15H13BrN4. The molecule has 0 aliphatic heterocycles. The molecule has 0 saturated heterocycles. The molecule has 2 heterocycles. The maximum atomic E-state index is 4.40. The van der Waals surface area contributed by atoms with Crippen molar-refractivity contribution >= 4 is 32.5 Å². The van der Waals surface area contributed by atoms with Gasteiger partial charge in [0.05, 0.1) is 17.9 Å². The Morgan fingerprint density at radius 2 is 2.00 bits per heavy atom. The zero-order chi connectivity index (χ0) is 13.9. The number of hydrogen-bond donors (Lipinski definition) is 1. The first-order valence-corrected chi connectivity index (χ1v) is 7.09. The standard InChI is InChI=1S/C15H13BrN4/c1-10-2-5-13(20-19-10)9-18-15-14-8-12(16)4-3-11(14)6-7-17-15/h2-8H,9H2,1H3,(H,17,18). The van der Waals surface area contributed by atoms with Gasteiger partial charge in [-0.15, -0.1) is 0 Å². The Hall–Kier alpha value is -2.01. The summed E-state index contributed by atoms with van der Waals surface area (Å²) in [4.78, 5) is 4.40. The number of anilines is 1. The van der Waals surface area contributed by atoms with Crippen LogP contribution in [0.1, 0.15) is 11.4 Å². The molecular weight excluding hydrogens is 316 g/mol. The van der Waals surface area contributed by atoms with Gasteiger partial charge in [-0.1, -0.05) is 22.0 Å². The lowest BCUT2D eigenvalue weighted by Gasteiger charge is -2.08. The van der Waals surface area contributed by atoms with Crippen LogP contribution >= 0.6 is 15.9 Å². The summed E-state index contributed by atoms with van der Waals surface area (Å²) in [7, 11) is 0. The van der Waals surface area contributed by atoms with Crippen LogP contribution in [0, 0.1) is 6.92 Å². The summed E-state index contributed by atoms with van der Waals surface area (Å²) >= 11 is 3.49. The van der Waals surface area contributed by atoms with Crippen LogP contribution in [0.25, 0.3) is 10.8 Å². The van der Waals surface area contributed by atoms with Crippen molar-refractivity contribution in [2.45, 2.75) is 13.5 Å². The Balaban J connectivity index is 1.87. The lowest BCUT2D eigenvalue weighted by Crippen LogP contribution is -2.04. The van der Waals surface area contributed by atoms with Gasteiger partial charge in [-0.05, 0) is 42.6 Å². The fourth-order valence-corrected chi connectivity index (χ4v) is 2.34. The van der Waals surface area contributed by atoms with Crippen molar-refractivity contribution in [2.24, 2.45) is 0 Å². The number of pyridine rings is 1. The van der Waals surface area contributed by atoms with E-state index in [0.717, 1.165) is 32.5 Å². The minimum Gasteiger partial charge on any atom is -0.364 e. The first-order chi connectivity index (χ1) is 9.72. The molecule has 4 nitrogen and oxygen atoms in total. The molecule has 3 aromatic rings. The van der Waals surface area contributed by atoms with Gasteiger partial charge in [0, 0.05) is 16.1 Å². The van der Waals surface area contributed by atoms with Crippen LogP contribution in [0.15, 0.2) is 47.1 Å². The molecule has 0 amide bonds. The first-order valence-electron chi connectivity index (χ1n) is 6.30. The summed E-state index contributed by atoms with van der Waals surface area (Å²) in [6, 6.07) is 12.1. The minimum atomic E-state index is 0.603. The van der Waals surface area contributed by atoms with E-state index in [1.54, 1.807) is 6.20 Å². The van der Waals surface area contributed by atoms with Crippen LogP contribution < -0.4 is 5.32 Å². The predicted molar refractivity (Wildman–Crippen MR) is 83.5 cm³/mol. The molecule has 1 aromatic carbocycles. The number of nitrogens with one attached hydrogen (secondary N) is 1. The lowest BCUT2D eigenvalue weighted by molar-refractivity contribution is 0.896. The molecule has 0 bridgehead atoms. The SMILES string of the molecule is Cc1ccc(CNc2nccc3ccc(Br)cc23)nn1. The van der Waals surface area contributed by atoms with E-state index in [2.05, 4.69) is 48.6 Å². The van der Waals surface area contributed by atoms with E-state index in [1.165, 1.54) is 0 Å². The van der Waals surface area contributed by atoms with Gasteiger partial charge < -0.3 is 5.32 Å². The Kier molecular flexibility index (Phi) is 3.60. The quantitative estimate of drug-likeness (QED) is 0.796. The molecule has 0 radical (unpaired) electrons. The summed E-state index contributed by atoms with van der Waals surface area (Å²) in [5, 5.41) is 13.7. The Bertz CT molecular complexity index is 740. The lowest BCUT2D eigenvalue weighted by atomic mass is 10.1. The molecule has 0 saturated carbocycles. The van der Waals surface area contributed by atoms with Gasteiger partial charge in [0.25, 0.3) is 0 Å². The Morgan fingerprint density at radius 1 is 1.10 bits per heavy atom. The molecule has 0 aliphatic rings. The molecule has 0 aliphatic carbocycles. The van der Waals surface area contributed by atoms with E-state index in [0.29, 0.717) is 6.54 Å². The van der Waals surface area contributed by atoms with Crippen molar-refractivity contribution < 1.29 is 0 Å². The highest BCUT2D eigenvalue weighted by Gasteiger charge is 2.03. The van der Waals surface area contributed by atoms with Gasteiger partial charge >= 0.3 is 0 Å². The number of halogens is 1. The zero-order valence-corrected chi connectivity index (χ0v) is 12.6. The fraction of sp³-hybridized carbons (Fsp3) is 0.133. The molecule has 0 fully saturated rings. The molecule has 3 rings (SSSR count). The summed E-state index contributed by atoms with van der Waals surface area (Å²) in [6.07, 6.45) is 1.80. The highest BCUT2D eigenvalue weighted by atomic mass is 79.9. The highest BCUT2D eigenvalue weighted by Crippen LogP contribution is 2.25. The molecule has 2 aromatic heterocycles. The van der Waals surface area contributed by atoms with Crippen LogP contribution in [-0.2, 0) is 6.54 Å². The van der Waals surface area contributed by atoms with Crippen LogP contribution in [-0.4, -0.2) is 15.2 Å². The second-order valence-corrected chi connectivity index (χ2v) is 5.46. The normalized spacial score (nSPS) is 10.7. The molecule has 5 heteroatoms. The third-order valence-corrected chi connectivity index (χ3v) is 3.51. The smallest absolute Gasteiger partial charge is 0.134 e. The molecule has 20 heavy (non-hydrogen) atoms. The van der Waals surface area contributed by atoms with E-state index in [9.17, 15) is 0 Å². The number of rotatable bonds is 3. The number of benzene rings is 1. The van der Waals surface area contributed by atoms with Crippen molar-refractivity contribution in [3.63, 3.8) is 0 Å². The van der Waals surface area contributed by atoms with Crippen molar-refractivity contribution in [2.75, 3.05) is 5.32 Å². The van der Waals surface area contributed by atoms with Crippen LogP contribution in [0.2, 0.25) is 0 Å². The fourth-order valence-electron chi connectivity index (χ4n) is 1.98. The summed E-state index contributed by atoms with van der Waals surface area (Å²) < 4.78 is 1.04. The number of aromatic nitrogens is 3. The average molecular weight is 329 g/mol. The zero-order valence-electron chi connectivity index (χ0n) is 11.0.